The highest BCUT2D eigenvalue weighted by molar-refractivity contribution is 9.10. The van der Waals surface area contributed by atoms with Gasteiger partial charge in [0, 0.05) is 27.2 Å². The Morgan fingerprint density at radius 3 is 2.55 bits per heavy atom. The van der Waals surface area contributed by atoms with Crippen molar-refractivity contribution in [3.05, 3.63) is 86.7 Å². The van der Waals surface area contributed by atoms with Gasteiger partial charge in [-0.15, -0.1) is 0 Å². The van der Waals surface area contributed by atoms with Crippen LogP contribution in [0.15, 0.2) is 58.6 Å². The number of anilines is 1. The van der Waals surface area contributed by atoms with E-state index in [4.69, 9.17) is 0 Å². The SMILES string of the molecule is Cc1ccc(C)c(-n2c(C)cc(/C=C(/C#N)C(=O)Nc3cccc(Br)c3)c2C)c1. The van der Waals surface area contributed by atoms with Gasteiger partial charge in [-0.1, -0.05) is 34.1 Å². The quantitative estimate of drug-likeness (QED) is 0.392. The van der Waals surface area contributed by atoms with Gasteiger partial charge in [0.25, 0.3) is 5.91 Å². The summed E-state index contributed by atoms with van der Waals surface area (Å²) in [6.45, 7) is 8.18. The van der Waals surface area contributed by atoms with Crippen LogP contribution in [0.25, 0.3) is 11.8 Å². The Morgan fingerprint density at radius 2 is 1.86 bits per heavy atom. The molecule has 146 valence electrons. The van der Waals surface area contributed by atoms with Crippen LogP contribution in [0, 0.1) is 39.0 Å². The standard InChI is InChI=1S/C24H22BrN3O/c1-15-8-9-16(2)23(10-15)28-17(3)11-19(18(28)4)12-20(14-26)24(29)27-22-7-5-6-21(25)13-22/h5-13H,1-4H3,(H,27,29)/b20-12-. The van der Waals surface area contributed by atoms with Gasteiger partial charge in [-0.3, -0.25) is 4.79 Å². The van der Waals surface area contributed by atoms with Crippen LogP contribution in [0.1, 0.15) is 28.1 Å². The van der Waals surface area contributed by atoms with Gasteiger partial charge < -0.3 is 9.88 Å². The van der Waals surface area contributed by atoms with Crippen molar-refractivity contribution >= 4 is 33.6 Å². The summed E-state index contributed by atoms with van der Waals surface area (Å²) in [5, 5.41) is 12.3. The highest BCUT2D eigenvalue weighted by atomic mass is 79.9. The lowest BCUT2D eigenvalue weighted by Gasteiger charge is -2.13. The molecule has 3 rings (SSSR count). The van der Waals surface area contributed by atoms with Gasteiger partial charge in [0.2, 0.25) is 0 Å². The van der Waals surface area contributed by atoms with Gasteiger partial charge >= 0.3 is 0 Å². The number of amides is 1. The summed E-state index contributed by atoms with van der Waals surface area (Å²) in [4.78, 5) is 12.6. The van der Waals surface area contributed by atoms with Gasteiger partial charge in [0.15, 0.2) is 0 Å². The lowest BCUT2D eigenvalue weighted by molar-refractivity contribution is -0.112. The van der Waals surface area contributed by atoms with Crippen LogP contribution in [0.4, 0.5) is 5.69 Å². The predicted molar refractivity (Wildman–Crippen MR) is 121 cm³/mol. The van der Waals surface area contributed by atoms with Gasteiger partial charge in [-0.2, -0.15) is 5.26 Å². The summed E-state index contributed by atoms with van der Waals surface area (Å²) in [5.41, 5.74) is 7.03. The molecule has 1 amide bonds. The van der Waals surface area contributed by atoms with Crippen molar-refractivity contribution in [3.8, 4) is 11.8 Å². The monoisotopic (exact) mass is 447 g/mol. The Morgan fingerprint density at radius 1 is 1.10 bits per heavy atom. The van der Waals surface area contributed by atoms with Crippen LogP contribution in [-0.2, 0) is 4.79 Å². The summed E-state index contributed by atoms with van der Waals surface area (Å²) in [5.74, 6) is -0.429. The average Bonchev–Trinajstić information content (AvgIpc) is 2.95. The predicted octanol–water partition coefficient (Wildman–Crippen LogP) is 6.02. The molecule has 0 aliphatic carbocycles. The zero-order valence-electron chi connectivity index (χ0n) is 16.9. The highest BCUT2D eigenvalue weighted by Gasteiger charge is 2.15. The first-order chi connectivity index (χ1) is 13.8. The van der Waals surface area contributed by atoms with E-state index >= 15 is 0 Å². The van der Waals surface area contributed by atoms with Crippen molar-refractivity contribution in [2.45, 2.75) is 27.7 Å². The summed E-state index contributed by atoms with van der Waals surface area (Å²) >= 11 is 3.38. The molecule has 1 heterocycles. The average molecular weight is 448 g/mol. The number of aryl methyl sites for hydroxylation is 3. The van der Waals surface area contributed by atoms with Crippen LogP contribution in [0.3, 0.4) is 0 Å². The van der Waals surface area contributed by atoms with Crippen LogP contribution in [-0.4, -0.2) is 10.5 Å². The summed E-state index contributed by atoms with van der Waals surface area (Å²) in [6, 6.07) is 17.6. The van der Waals surface area contributed by atoms with E-state index in [9.17, 15) is 10.1 Å². The second-order valence-electron chi connectivity index (χ2n) is 7.09. The van der Waals surface area contributed by atoms with E-state index in [-0.39, 0.29) is 5.57 Å². The number of hydrogen-bond donors (Lipinski definition) is 1. The topological polar surface area (TPSA) is 57.8 Å². The number of nitrogens with one attached hydrogen (secondary N) is 1. The first-order valence-electron chi connectivity index (χ1n) is 9.25. The number of rotatable bonds is 4. The van der Waals surface area contributed by atoms with Crippen molar-refractivity contribution < 1.29 is 4.79 Å². The molecule has 0 aliphatic rings. The third-order valence-corrected chi connectivity index (χ3v) is 5.32. The Kier molecular flexibility index (Phi) is 6.05. The molecule has 3 aromatic rings. The molecule has 0 saturated heterocycles. The van der Waals surface area contributed by atoms with Gasteiger partial charge in [0.1, 0.15) is 11.6 Å². The highest BCUT2D eigenvalue weighted by Crippen LogP contribution is 2.26. The number of carbonyl (C=O) groups is 1. The molecule has 4 nitrogen and oxygen atoms in total. The summed E-state index contributed by atoms with van der Waals surface area (Å²) < 4.78 is 3.02. The largest absolute Gasteiger partial charge is 0.321 e. The first-order valence-corrected chi connectivity index (χ1v) is 10.0. The fraction of sp³-hybridized carbons (Fsp3) is 0.167. The fourth-order valence-corrected chi connectivity index (χ4v) is 3.73. The molecule has 0 saturated carbocycles. The van der Waals surface area contributed by atoms with E-state index in [1.165, 1.54) is 11.1 Å². The first kappa shape index (κ1) is 20.6. The maximum Gasteiger partial charge on any atom is 0.266 e. The molecule has 1 N–H and O–H groups in total. The second kappa shape index (κ2) is 8.50. The van der Waals surface area contributed by atoms with Crippen LogP contribution < -0.4 is 5.32 Å². The van der Waals surface area contributed by atoms with Gasteiger partial charge in [0.05, 0.1) is 0 Å². The van der Waals surface area contributed by atoms with Crippen molar-refractivity contribution in [2.24, 2.45) is 0 Å². The maximum atomic E-state index is 12.6. The van der Waals surface area contributed by atoms with Crippen LogP contribution >= 0.6 is 15.9 Å². The number of aromatic nitrogens is 1. The number of benzene rings is 2. The Labute approximate surface area is 179 Å². The van der Waals surface area contributed by atoms with E-state index in [1.807, 2.05) is 38.1 Å². The van der Waals surface area contributed by atoms with E-state index in [1.54, 1.807) is 18.2 Å². The maximum absolute atomic E-state index is 12.6. The lowest BCUT2D eigenvalue weighted by atomic mass is 10.1. The third-order valence-electron chi connectivity index (χ3n) is 4.82. The fourth-order valence-electron chi connectivity index (χ4n) is 3.33. The van der Waals surface area contributed by atoms with Crippen molar-refractivity contribution in [2.75, 3.05) is 5.32 Å². The molecule has 0 unspecified atom stereocenters. The van der Waals surface area contributed by atoms with Crippen molar-refractivity contribution in [1.29, 1.82) is 5.26 Å². The molecular formula is C24H22BrN3O. The number of nitriles is 1. The summed E-state index contributed by atoms with van der Waals surface area (Å²) in [6.07, 6.45) is 1.65. The number of carbonyl (C=O) groups excluding carboxylic acids is 1. The number of hydrogen-bond acceptors (Lipinski definition) is 2. The molecule has 29 heavy (non-hydrogen) atoms. The zero-order chi connectivity index (χ0) is 21.1. The molecule has 0 bridgehead atoms. The molecule has 0 atom stereocenters. The minimum absolute atomic E-state index is 0.0613. The Bertz CT molecular complexity index is 1170. The molecular weight excluding hydrogens is 426 g/mol. The lowest BCUT2D eigenvalue weighted by Crippen LogP contribution is -2.13. The van der Waals surface area contributed by atoms with Crippen LogP contribution in [0.2, 0.25) is 0 Å². The number of halogens is 1. The smallest absolute Gasteiger partial charge is 0.266 e. The number of nitrogens with zero attached hydrogens (tertiary/aromatic N) is 2. The van der Waals surface area contributed by atoms with Crippen LogP contribution in [0.5, 0.6) is 0 Å². The minimum Gasteiger partial charge on any atom is -0.321 e. The van der Waals surface area contributed by atoms with E-state index in [0.29, 0.717) is 5.69 Å². The molecule has 0 spiro atoms. The van der Waals surface area contributed by atoms with Crippen molar-refractivity contribution in [3.63, 3.8) is 0 Å². The zero-order valence-corrected chi connectivity index (χ0v) is 18.5. The third kappa shape index (κ3) is 4.49. The van der Waals surface area contributed by atoms with E-state index in [0.717, 1.165) is 27.1 Å². The minimum atomic E-state index is -0.429. The molecule has 0 aliphatic heterocycles. The second-order valence-corrected chi connectivity index (χ2v) is 8.00. The molecule has 0 radical (unpaired) electrons. The Balaban J connectivity index is 1.98. The molecule has 5 heteroatoms. The molecule has 2 aromatic carbocycles. The molecule has 0 fully saturated rings. The van der Waals surface area contributed by atoms with Gasteiger partial charge in [-0.25, -0.2) is 0 Å². The Hall–Kier alpha value is -3.10. The summed E-state index contributed by atoms with van der Waals surface area (Å²) in [7, 11) is 0. The van der Waals surface area contributed by atoms with E-state index in [2.05, 4.69) is 57.9 Å². The van der Waals surface area contributed by atoms with Gasteiger partial charge in [-0.05, 0) is 80.8 Å². The normalized spacial score (nSPS) is 11.2. The van der Waals surface area contributed by atoms with E-state index < -0.39 is 5.91 Å². The van der Waals surface area contributed by atoms with Crippen molar-refractivity contribution in [1.82, 2.24) is 4.57 Å². The molecule has 1 aromatic heterocycles.